The van der Waals surface area contributed by atoms with Crippen LogP contribution in [-0.4, -0.2) is 37.9 Å². The van der Waals surface area contributed by atoms with Crippen molar-refractivity contribution in [3.63, 3.8) is 0 Å². The molecule has 8 nitrogen and oxygen atoms in total. The Morgan fingerprint density at radius 2 is 2.07 bits per heavy atom. The minimum atomic E-state index is -0.472. The number of hydrogen-bond donors (Lipinski definition) is 1. The zero-order chi connectivity index (χ0) is 19.6. The van der Waals surface area contributed by atoms with Crippen molar-refractivity contribution in [1.29, 1.82) is 5.26 Å². The number of carbonyl (C=O) groups excluding carboxylic acids is 1. The molecule has 0 saturated carbocycles. The number of hydrazone groups is 1. The molecule has 1 aromatic heterocycles. The molecule has 140 valence electrons. The zero-order valence-electron chi connectivity index (χ0n) is 15.4. The number of pyridine rings is 1. The number of amides is 1. The molecule has 0 spiro atoms. The molecule has 2 aromatic rings. The minimum absolute atomic E-state index is 0.0961. The Hall–Kier alpha value is -3.44. The van der Waals surface area contributed by atoms with Crippen molar-refractivity contribution in [2.45, 2.75) is 13.5 Å². The first-order chi connectivity index (χ1) is 13.1. The highest BCUT2D eigenvalue weighted by atomic mass is 16.5. The van der Waals surface area contributed by atoms with Gasteiger partial charge in [-0.15, -0.1) is 0 Å². The van der Waals surface area contributed by atoms with Crippen molar-refractivity contribution in [2.75, 3.05) is 20.8 Å². The van der Waals surface area contributed by atoms with Gasteiger partial charge in [0.05, 0.1) is 19.9 Å². The third-order valence-electron chi connectivity index (χ3n) is 3.47. The Labute approximate surface area is 157 Å². The molecule has 0 bridgehead atoms. The predicted molar refractivity (Wildman–Crippen MR) is 98.6 cm³/mol. The largest absolute Gasteiger partial charge is 0.497 e. The molecular formula is C19H20N4O4. The van der Waals surface area contributed by atoms with Gasteiger partial charge in [0.25, 0.3) is 5.91 Å². The van der Waals surface area contributed by atoms with Crippen LogP contribution in [0.5, 0.6) is 11.6 Å². The Morgan fingerprint density at radius 3 is 2.70 bits per heavy atom. The predicted octanol–water partition coefficient (Wildman–Crippen LogP) is 1.95. The van der Waals surface area contributed by atoms with Crippen molar-refractivity contribution < 1.29 is 19.0 Å². The van der Waals surface area contributed by atoms with E-state index in [0.29, 0.717) is 11.3 Å². The molecule has 0 saturated heterocycles. The standard InChI is InChI=1S/C19H20N4O4/c1-13-8-15(11-25-2)17(9-20)19(22-13)27-12-18(24)23-21-10-14-4-6-16(26-3)7-5-14/h4-8,10H,11-12H2,1-3H3,(H,23,24)/b21-10-. The van der Waals surface area contributed by atoms with Crippen LogP contribution in [0.2, 0.25) is 0 Å². The van der Waals surface area contributed by atoms with Crippen LogP contribution < -0.4 is 14.9 Å². The maximum atomic E-state index is 11.9. The summed E-state index contributed by atoms with van der Waals surface area (Å²) in [5, 5.41) is 13.2. The highest BCUT2D eigenvalue weighted by molar-refractivity contribution is 5.83. The number of aryl methyl sites for hydroxylation is 1. The fourth-order valence-electron chi connectivity index (χ4n) is 2.24. The molecule has 1 amide bonds. The molecular weight excluding hydrogens is 348 g/mol. The fraction of sp³-hybridized carbons (Fsp3) is 0.263. The van der Waals surface area contributed by atoms with E-state index in [1.54, 1.807) is 44.4 Å². The summed E-state index contributed by atoms with van der Waals surface area (Å²) in [4.78, 5) is 16.1. The van der Waals surface area contributed by atoms with Gasteiger partial charge in [-0.3, -0.25) is 4.79 Å². The lowest BCUT2D eigenvalue weighted by molar-refractivity contribution is -0.123. The van der Waals surface area contributed by atoms with Gasteiger partial charge in [-0.05, 0) is 42.8 Å². The van der Waals surface area contributed by atoms with Gasteiger partial charge < -0.3 is 14.2 Å². The Kier molecular flexibility index (Phi) is 7.28. The Bertz CT molecular complexity index is 857. The maximum absolute atomic E-state index is 11.9. The van der Waals surface area contributed by atoms with Crippen molar-refractivity contribution >= 4 is 12.1 Å². The lowest BCUT2D eigenvalue weighted by Crippen LogP contribution is -2.25. The Balaban J connectivity index is 1.95. The van der Waals surface area contributed by atoms with E-state index in [-0.39, 0.29) is 24.7 Å². The summed E-state index contributed by atoms with van der Waals surface area (Å²) >= 11 is 0. The van der Waals surface area contributed by atoms with Crippen LogP contribution in [-0.2, 0) is 16.1 Å². The topological polar surface area (TPSA) is 106 Å². The molecule has 0 radical (unpaired) electrons. The highest BCUT2D eigenvalue weighted by Gasteiger charge is 2.14. The number of benzene rings is 1. The highest BCUT2D eigenvalue weighted by Crippen LogP contribution is 2.21. The molecule has 0 unspecified atom stereocenters. The van der Waals surface area contributed by atoms with E-state index in [1.807, 2.05) is 6.07 Å². The van der Waals surface area contributed by atoms with Gasteiger partial charge in [0.1, 0.15) is 17.4 Å². The number of ether oxygens (including phenoxy) is 3. The second-order valence-corrected chi connectivity index (χ2v) is 5.50. The molecule has 8 heteroatoms. The lowest BCUT2D eigenvalue weighted by Gasteiger charge is -2.10. The number of nitriles is 1. The molecule has 1 aromatic carbocycles. The third-order valence-corrected chi connectivity index (χ3v) is 3.47. The van der Waals surface area contributed by atoms with Gasteiger partial charge in [-0.1, -0.05) is 0 Å². The molecule has 27 heavy (non-hydrogen) atoms. The maximum Gasteiger partial charge on any atom is 0.278 e. The van der Waals surface area contributed by atoms with E-state index >= 15 is 0 Å². The summed E-state index contributed by atoms with van der Waals surface area (Å²) in [6.45, 7) is 1.70. The van der Waals surface area contributed by atoms with Crippen LogP contribution in [0.25, 0.3) is 0 Å². The average molecular weight is 368 g/mol. The number of methoxy groups -OCH3 is 2. The van der Waals surface area contributed by atoms with Gasteiger partial charge in [0.15, 0.2) is 6.61 Å². The van der Waals surface area contributed by atoms with Gasteiger partial charge >= 0.3 is 0 Å². The number of aromatic nitrogens is 1. The number of hydrogen-bond acceptors (Lipinski definition) is 7. The summed E-state index contributed by atoms with van der Waals surface area (Å²) in [5.41, 5.74) is 4.72. The number of carbonyl (C=O) groups is 1. The second-order valence-electron chi connectivity index (χ2n) is 5.50. The summed E-state index contributed by atoms with van der Waals surface area (Å²) in [6, 6.07) is 11.0. The van der Waals surface area contributed by atoms with Crippen LogP contribution in [0, 0.1) is 18.3 Å². The van der Waals surface area contributed by atoms with Crippen molar-refractivity contribution in [1.82, 2.24) is 10.4 Å². The van der Waals surface area contributed by atoms with Crippen LogP contribution in [0.1, 0.15) is 22.4 Å². The lowest BCUT2D eigenvalue weighted by atomic mass is 10.1. The van der Waals surface area contributed by atoms with Gasteiger partial charge in [-0.25, -0.2) is 10.4 Å². The third kappa shape index (κ3) is 5.80. The molecule has 0 fully saturated rings. The number of nitrogens with zero attached hydrogens (tertiary/aromatic N) is 3. The SMILES string of the molecule is COCc1cc(C)nc(OCC(=O)N/N=C\c2ccc(OC)cc2)c1C#N. The van der Waals surface area contributed by atoms with Crippen LogP contribution in [0.4, 0.5) is 0 Å². The summed E-state index contributed by atoms with van der Waals surface area (Å²) in [5.74, 6) is 0.357. The molecule has 1 heterocycles. The number of rotatable bonds is 8. The van der Waals surface area contributed by atoms with Gasteiger partial charge in [-0.2, -0.15) is 10.4 Å². The smallest absolute Gasteiger partial charge is 0.278 e. The summed E-state index contributed by atoms with van der Waals surface area (Å²) in [6.07, 6.45) is 1.50. The van der Waals surface area contributed by atoms with Gasteiger partial charge in [0, 0.05) is 18.4 Å². The van der Waals surface area contributed by atoms with Gasteiger partial charge in [0.2, 0.25) is 5.88 Å². The summed E-state index contributed by atoms with van der Waals surface area (Å²) < 4.78 is 15.5. The molecule has 2 rings (SSSR count). The molecule has 0 aliphatic rings. The first kappa shape index (κ1) is 19.9. The molecule has 0 aliphatic heterocycles. The Morgan fingerprint density at radius 1 is 1.33 bits per heavy atom. The van der Waals surface area contributed by atoms with Crippen LogP contribution in [0.15, 0.2) is 35.4 Å². The minimum Gasteiger partial charge on any atom is -0.497 e. The van der Waals surface area contributed by atoms with Crippen LogP contribution in [0.3, 0.4) is 0 Å². The molecule has 0 atom stereocenters. The van der Waals surface area contributed by atoms with E-state index in [4.69, 9.17) is 14.2 Å². The average Bonchev–Trinajstić information content (AvgIpc) is 2.67. The quantitative estimate of drug-likeness (QED) is 0.564. The second kappa shape index (κ2) is 9.89. The van der Waals surface area contributed by atoms with Crippen molar-refractivity contribution in [3.8, 4) is 17.7 Å². The molecule has 0 aliphatic carbocycles. The monoisotopic (exact) mass is 368 g/mol. The van der Waals surface area contributed by atoms with E-state index < -0.39 is 5.91 Å². The fourth-order valence-corrected chi connectivity index (χ4v) is 2.24. The first-order valence-electron chi connectivity index (χ1n) is 8.05. The van der Waals surface area contributed by atoms with E-state index in [2.05, 4.69) is 15.5 Å². The molecule has 1 N–H and O–H groups in total. The zero-order valence-corrected chi connectivity index (χ0v) is 15.4. The van der Waals surface area contributed by atoms with E-state index in [1.165, 1.54) is 13.3 Å². The van der Waals surface area contributed by atoms with E-state index in [9.17, 15) is 10.1 Å². The first-order valence-corrected chi connectivity index (χ1v) is 8.05. The number of nitrogens with one attached hydrogen (secondary N) is 1. The normalized spacial score (nSPS) is 10.4. The van der Waals surface area contributed by atoms with Crippen LogP contribution >= 0.6 is 0 Å². The van der Waals surface area contributed by atoms with Crippen molar-refractivity contribution in [3.05, 3.63) is 52.7 Å². The summed E-state index contributed by atoms with van der Waals surface area (Å²) in [7, 11) is 3.12. The van der Waals surface area contributed by atoms with Crippen molar-refractivity contribution in [2.24, 2.45) is 5.10 Å². The van der Waals surface area contributed by atoms with E-state index in [0.717, 1.165) is 11.3 Å².